The molecule has 0 saturated carbocycles. The van der Waals surface area contributed by atoms with Gasteiger partial charge in [-0.05, 0) is 27.7 Å². The molecule has 0 bridgehead atoms. The van der Waals surface area contributed by atoms with Gasteiger partial charge in [-0.3, -0.25) is 0 Å². The van der Waals surface area contributed by atoms with E-state index in [4.69, 9.17) is 20.3 Å². The molecule has 0 unspecified atom stereocenters. The molecule has 5 nitrogen and oxygen atoms in total. The summed E-state index contributed by atoms with van der Waals surface area (Å²) in [6.45, 7) is 7.39. The molecule has 0 heterocycles. The van der Waals surface area contributed by atoms with Crippen molar-refractivity contribution < 1.29 is 19.4 Å². The lowest BCUT2D eigenvalue weighted by atomic mass is 10.1. The molecule has 0 atom stereocenters. The van der Waals surface area contributed by atoms with E-state index in [0.29, 0.717) is 5.75 Å². The molecule has 0 saturated heterocycles. The Hall–Kier alpha value is -1.91. The van der Waals surface area contributed by atoms with Crippen molar-refractivity contribution in [1.82, 2.24) is 0 Å². The monoisotopic (exact) mass is 253 g/mol. The van der Waals surface area contributed by atoms with Crippen LogP contribution >= 0.6 is 0 Å². The first kappa shape index (κ1) is 14.2. The summed E-state index contributed by atoms with van der Waals surface area (Å²) in [4.78, 5) is 11.2. The topological polar surface area (TPSA) is 81.8 Å². The molecule has 18 heavy (non-hydrogen) atoms. The van der Waals surface area contributed by atoms with Gasteiger partial charge in [0.2, 0.25) is 0 Å². The predicted octanol–water partition coefficient (Wildman–Crippen LogP) is 2.54. The summed E-state index contributed by atoms with van der Waals surface area (Å²) in [5.41, 5.74) is 5.84. The van der Waals surface area contributed by atoms with Crippen molar-refractivity contribution in [3.63, 3.8) is 0 Å². The van der Waals surface area contributed by atoms with Crippen LogP contribution in [0.4, 0.5) is 5.69 Å². The molecule has 0 fully saturated rings. The third kappa shape index (κ3) is 3.55. The molecule has 0 radical (unpaired) electrons. The van der Waals surface area contributed by atoms with Gasteiger partial charge in [0.25, 0.3) is 0 Å². The van der Waals surface area contributed by atoms with Gasteiger partial charge >= 0.3 is 5.97 Å². The maximum atomic E-state index is 11.2. The van der Waals surface area contributed by atoms with Crippen molar-refractivity contribution in [3.05, 3.63) is 17.7 Å². The Balaban J connectivity index is 3.23. The second-order valence-corrected chi connectivity index (χ2v) is 4.52. The smallest absolute Gasteiger partial charge is 0.341 e. The standard InChI is InChI=1S/C13H19NO4/c1-7(2)17-9-5-10(14)12(13(15)16)11(6-9)18-8(3)4/h5-8H,14H2,1-4H3,(H,15,16). The van der Waals surface area contributed by atoms with Crippen LogP contribution in [0.15, 0.2) is 12.1 Å². The third-order valence-corrected chi connectivity index (χ3v) is 2.05. The highest BCUT2D eigenvalue weighted by Crippen LogP contribution is 2.32. The number of hydrogen-bond donors (Lipinski definition) is 2. The van der Waals surface area contributed by atoms with Crippen LogP contribution in [0.2, 0.25) is 0 Å². The van der Waals surface area contributed by atoms with Crippen molar-refractivity contribution in [3.8, 4) is 11.5 Å². The summed E-state index contributed by atoms with van der Waals surface area (Å²) < 4.78 is 11.0. The van der Waals surface area contributed by atoms with Crippen LogP contribution < -0.4 is 15.2 Å². The van der Waals surface area contributed by atoms with E-state index in [-0.39, 0.29) is 29.2 Å². The summed E-state index contributed by atoms with van der Waals surface area (Å²) in [6, 6.07) is 3.05. The van der Waals surface area contributed by atoms with Crippen LogP contribution in [0.1, 0.15) is 38.1 Å². The minimum Gasteiger partial charge on any atom is -0.491 e. The first-order chi connectivity index (χ1) is 8.31. The number of hydrogen-bond acceptors (Lipinski definition) is 4. The molecule has 3 N–H and O–H groups in total. The normalized spacial score (nSPS) is 10.8. The van der Waals surface area contributed by atoms with Gasteiger partial charge in [-0.2, -0.15) is 0 Å². The number of aromatic carboxylic acids is 1. The Labute approximate surface area is 107 Å². The summed E-state index contributed by atoms with van der Waals surface area (Å²) >= 11 is 0. The highest BCUT2D eigenvalue weighted by atomic mass is 16.5. The quantitative estimate of drug-likeness (QED) is 0.788. The molecule has 0 aliphatic rings. The fraction of sp³-hybridized carbons (Fsp3) is 0.462. The van der Waals surface area contributed by atoms with E-state index in [1.807, 2.05) is 27.7 Å². The first-order valence-electron chi connectivity index (χ1n) is 5.81. The lowest BCUT2D eigenvalue weighted by molar-refractivity contribution is 0.0692. The van der Waals surface area contributed by atoms with Crippen molar-refractivity contribution in [2.45, 2.75) is 39.9 Å². The second kappa shape index (κ2) is 5.62. The van der Waals surface area contributed by atoms with E-state index in [1.165, 1.54) is 6.07 Å². The molecule has 0 spiro atoms. The Morgan fingerprint density at radius 2 is 1.72 bits per heavy atom. The van der Waals surface area contributed by atoms with Gasteiger partial charge in [-0.1, -0.05) is 0 Å². The number of rotatable bonds is 5. The van der Waals surface area contributed by atoms with Gasteiger partial charge in [-0.25, -0.2) is 4.79 Å². The van der Waals surface area contributed by atoms with Gasteiger partial charge in [0.05, 0.1) is 17.9 Å². The number of carboxylic acids is 1. The lowest BCUT2D eigenvalue weighted by Crippen LogP contribution is -2.13. The van der Waals surface area contributed by atoms with Crippen molar-refractivity contribution in [2.24, 2.45) is 0 Å². The van der Waals surface area contributed by atoms with E-state index in [0.717, 1.165) is 0 Å². The average Bonchev–Trinajstić information content (AvgIpc) is 2.12. The van der Waals surface area contributed by atoms with E-state index >= 15 is 0 Å². The minimum absolute atomic E-state index is 0.0213. The molecule has 100 valence electrons. The number of anilines is 1. The molecule has 0 amide bonds. The van der Waals surface area contributed by atoms with Gasteiger partial charge in [0, 0.05) is 12.1 Å². The van der Waals surface area contributed by atoms with Gasteiger partial charge in [-0.15, -0.1) is 0 Å². The zero-order valence-electron chi connectivity index (χ0n) is 11.1. The molecular formula is C13H19NO4. The molecule has 0 aromatic heterocycles. The summed E-state index contributed by atoms with van der Waals surface area (Å²) in [7, 11) is 0. The zero-order valence-corrected chi connectivity index (χ0v) is 11.1. The molecule has 1 aromatic rings. The van der Waals surface area contributed by atoms with Crippen LogP contribution in [-0.2, 0) is 0 Å². The number of carbonyl (C=O) groups is 1. The van der Waals surface area contributed by atoms with E-state index < -0.39 is 5.97 Å². The minimum atomic E-state index is -1.11. The number of ether oxygens (including phenoxy) is 2. The Morgan fingerprint density at radius 1 is 1.17 bits per heavy atom. The summed E-state index contributed by atoms with van der Waals surface area (Å²) in [5, 5.41) is 9.13. The lowest BCUT2D eigenvalue weighted by Gasteiger charge is -2.17. The fourth-order valence-corrected chi connectivity index (χ4v) is 1.53. The number of nitrogens with two attached hydrogens (primary N) is 1. The third-order valence-electron chi connectivity index (χ3n) is 2.05. The largest absolute Gasteiger partial charge is 0.491 e. The van der Waals surface area contributed by atoms with E-state index in [1.54, 1.807) is 6.07 Å². The molecule has 1 aromatic carbocycles. The number of benzene rings is 1. The average molecular weight is 253 g/mol. The molecule has 1 rings (SSSR count). The maximum Gasteiger partial charge on any atom is 0.341 e. The van der Waals surface area contributed by atoms with Gasteiger partial charge < -0.3 is 20.3 Å². The fourth-order valence-electron chi connectivity index (χ4n) is 1.53. The number of nitrogen functional groups attached to an aromatic ring is 1. The van der Waals surface area contributed by atoms with Crippen LogP contribution in [0.25, 0.3) is 0 Å². The van der Waals surface area contributed by atoms with Crippen LogP contribution in [0.5, 0.6) is 11.5 Å². The summed E-state index contributed by atoms with van der Waals surface area (Å²) in [5.74, 6) is -0.379. The van der Waals surface area contributed by atoms with E-state index in [2.05, 4.69) is 0 Å². The first-order valence-corrected chi connectivity index (χ1v) is 5.81. The Morgan fingerprint density at radius 3 is 2.17 bits per heavy atom. The Kier molecular flexibility index (Phi) is 4.42. The van der Waals surface area contributed by atoms with Crippen molar-refractivity contribution in [1.29, 1.82) is 0 Å². The van der Waals surface area contributed by atoms with Crippen LogP contribution in [0, 0.1) is 0 Å². The van der Waals surface area contributed by atoms with Crippen LogP contribution in [-0.4, -0.2) is 23.3 Å². The summed E-state index contributed by atoms with van der Waals surface area (Å²) in [6.07, 6.45) is -0.163. The molecular weight excluding hydrogens is 234 g/mol. The molecule has 0 aliphatic carbocycles. The van der Waals surface area contributed by atoms with Gasteiger partial charge in [0.15, 0.2) is 0 Å². The zero-order chi connectivity index (χ0) is 13.9. The van der Waals surface area contributed by atoms with Crippen LogP contribution in [0.3, 0.4) is 0 Å². The van der Waals surface area contributed by atoms with Gasteiger partial charge in [0.1, 0.15) is 17.1 Å². The second-order valence-electron chi connectivity index (χ2n) is 4.52. The number of carboxylic acid groups (broad SMARTS) is 1. The molecule has 5 heteroatoms. The Bertz CT molecular complexity index is 441. The van der Waals surface area contributed by atoms with Crippen molar-refractivity contribution in [2.75, 3.05) is 5.73 Å². The van der Waals surface area contributed by atoms with E-state index in [9.17, 15) is 4.79 Å². The highest BCUT2D eigenvalue weighted by molar-refractivity contribution is 5.97. The van der Waals surface area contributed by atoms with Crippen molar-refractivity contribution >= 4 is 11.7 Å². The molecule has 0 aliphatic heterocycles. The predicted molar refractivity (Wildman–Crippen MR) is 69.3 cm³/mol. The highest BCUT2D eigenvalue weighted by Gasteiger charge is 2.18. The maximum absolute atomic E-state index is 11.2. The SMILES string of the molecule is CC(C)Oc1cc(N)c(C(=O)O)c(OC(C)C)c1.